The van der Waals surface area contributed by atoms with Crippen molar-refractivity contribution in [3.8, 4) is 34.3 Å². The third-order valence-corrected chi connectivity index (χ3v) is 9.23. The van der Waals surface area contributed by atoms with Crippen LogP contribution in [0.15, 0.2) is 51.8 Å². The number of carbonyl (C=O) groups is 2. The maximum atomic E-state index is 13.5. The number of ether oxygens (including phenoxy) is 4. The number of fused-ring (bicyclic) bond motifs is 1. The summed E-state index contributed by atoms with van der Waals surface area (Å²) in [7, 11) is 0. The van der Waals surface area contributed by atoms with E-state index in [0.717, 1.165) is 24.3 Å². The lowest BCUT2D eigenvalue weighted by Crippen LogP contribution is -2.63. The molecule has 4 aromatic rings. The van der Waals surface area contributed by atoms with Gasteiger partial charge < -0.3 is 80.2 Å². The molecule has 10 atom stereocenters. The number of nitrogens with zero attached hydrogens (tertiary/aromatic N) is 1. The van der Waals surface area contributed by atoms with Gasteiger partial charge in [0.2, 0.25) is 12.6 Å². The van der Waals surface area contributed by atoms with E-state index in [-0.39, 0.29) is 45.8 Å². The van der Waals surface area contributed by atoms with E-state index in [1.54, 1.807) is 6.07 Å². The first-order chi connectivity index (χ1) is 26.0. The largest absolute Gasteiger partial charge is 0.507 e. The second kappa shape index (κ2) is 15.3. The molecule has 2 aliphatic rings. The predicted octanol–water partition coefficient (Wildman–Crippen LogP) is -1.67. The van der Waals surface area contributed by atoms with Crippen LogP contribution >= 0.6 is 0 Å². The zero-order valence-corrected chi connectivity index (χ0v) is 28.5. The fraction of sp³-hybridized carbons (Fsp3) is 0.371. The molecule has 2 aromatic carbocycles. The van der Waals surface area contributed by atoms with Crippen LogP contribution in [0.5, 0.6) is 23.0 Å². The zero-order chi connectivity index (χ0) is 40.0. The van der Waals surface area contributed by atoms with Crippen molar-refractivity contribution >= 4 is 28.7 Å². The molecule has 12 N–H and O–H groups in total. The number of hydrogen-bond donors (Lipinski definition) is 11. The van der Waals surface area contributed by atoms with Crippen LogP contribution in [0.3, 0.4) is 0 Å². The number of aromatic hydroxyl groups is 3. The van der Waals surface area contributed by atoms with Crippen LogP contribution in [0.1, 0.15) is 23.6 Å². The van der Waals surface area contributed by atoms with Crippen molar-refractivity contribution in [2.75, 3.05) is 5.73 Å². The molecule has 2 fully saturated rings. The Bertz CT molecular complexity index is 2180. The summed E-state index contributed by atoms with van der Waals surface area (Å²) in [6, 6.07) is 7.45. The minimum absolute atomic E-state index is 0.107. The van der Waals surface area contributed by atoms with Gasteiger partial charge in [0.05, 0.1) is 0 Å². The van der Waals surface area contributed by atoms with Gasteiger partial charge in [0.25, 0.3) is 0 Å². The molecule has 4 heterocycles. The lowest BCUT2D eigenvalue weighted by Gasteiger charge is -2.41. The molecule has 0 bridgehead atoms. The molecule has 0 radical (unpaired) electrons. The van der Waals surface area contributed by atoms with Crippen molar-refractivity contribution in [2.45, 2.75) is 81.2 Å². The topological polar surface area (TPSA) is 342 Å². The van der Waals surface area contributed by atoms with E-state index in [1.165, 1.54) is 12.3 Å². The maximum Gasteiger partial charge on any atom is 0.340 e. The number of pyridine rings is 1. The number of phenolic OH excluding ortho intramolecular Hbond substituents is 3. The molecule has 0 saturated carbocycles. The van der Waals surface area contributed by atoms with Gasteiger partial charge in [-0.2, -0.15) is 0 Å². The van der Waals surface area contributed by atoms with Gasteiger partial charge in [-0.3, -0.25) is 4.79 Å². The molecule has 0 unspecified atom stereocenters. The van der Waals surface area contributed by atoms with Gasteiger partial charge in [0.15, 0.2) is 29.1 Å². The highest BCUT2D eigenvalue weighted by Crippen LogP contribution is 2.40. The number of nitrogen functional groups attached to an aromatic ring is 1. The second-order valence-electron chi connectivity index (χ2n) is 12.9. The maximum absolute atomic E-state index is 13.5. The van der Waals surface area contributed by atoms with Crippen LogP contribution in [0.25, 0.3) is 22.3 Å². The summed E-state index contributed by atoms with van der Waals surface area (Å²) in [5, 5.41) is 103. The summed E-state index contributed by atoms with van der Waals surface area (Å²) in [5.74, 6) is -5.22. The van der Waals surface area contributed by atoms with Crippen molar-refractivity contribution in [3.05, 3.63) is 69.5 Å². The first-order valence-corrected chi connectivity index (χ1v) is 16.6. The minimum Gasteiger partial charge on any atom is -0.507 e. The molecule has 0 aliphatic carbocycles. The van der Waals surface area contributed by atoms with E-state index < -0.39 is 96.0 Å². The van der Waals surface area contributed by atoms with Gasteiger partial charge >= 0.3 is 11.9 Å². The molecule has 55 heavy (non-hydrogen) atoms. The molecule has 20 nitrogen and oxygen atoms in total. The van der Waals surface area contributed by atoms with E-state index in [2.05, 4.69) is 4.98 Å². The fourth-order valence-electron chi connectivity index (χ4n) is 6.17. The quantitative estimate of drug-likeness (QED) is 0.0669. The van der Waals surface area contributed by atoms with E-state index in [4.69, 9.17) is 29.1 Å². The third-order valence-electron chi connectivity index (χ3n) is 9.23. The first-order valence-electron chi connectivity index (χ1n) is 16.6. The number of nitrogens with two attached hydrogens (primary N) is 1. The van der Waals surface area contributed by atoms with Crippen molar-refractivity contribution in [1.29, 1.82) is 0 Å². The summed E-state index contributed by atoms with van der Waals surface area (Å²) in [4.78, 5) is 42.4. The number of aliphatic hydroxyl groups is 6. The highest BCUT2D eigenvalue weighted by Gasteiger charge is 2.52. The normalized spacial score (nSPS) is 28.1. The molecule has 6 rings (SSSR count). The predicted molar refractivity (Wildman–Crippen MR) is 181 cm³/mol. The molecule has 2 saturated heterocycles. The Morgan fingerprint density at radius 3 is 2.15 bits per heavy atom. The van der Waals surface area contributed by atoms with E-state index in [9.17, 15) is 65.4 Å². The van der Waals surface area contributed by atoms with Crippen LogP contribution in [-0.2, 0) is 36.6 Å². The number of esters is 1. The lowest BCUT2D eigenvalue weighted by atomic mass is 9.97. The van der Waals surface area contributed by atoms with Gasteiger partial charge in [0.1, 0.15) is 70.7 Å². The summed E-state index contributed by atoms with van der Waals surface area (Å²) >= 11 is 0. The van der Waals surface area contributed by atoms with Crippen molar-refractivity contribution in [3.63, 3.8) is 0 Å². The number of hydrogen-bond acceptors (Lipinski definition) is 19. The number of carboxylic acids is 1. The highest BCUT2D eigenvalue weighted by atomic mass is 16.7. The molecule has 0 spiro atoms. The summed E-state index contributed by atoms with van der Waals surface area (Å²) in [5.41, 5.74) is 6.07. The molecular formula is C35H36N2O18. The molecule has 2 aliphatic heterocycles. The smallest absolute Gasteiger partial charge is 0.340 e. The molecule has 0 amide bonds. The van der Waals surface area contributed by atoms with E-state index >= 15 is 0 Å². The van der Waals surface area contributed by atoms with Gasteiger partial charge in [-0.15, -0.1) is 0 Å². The standard InChI is InChI=1S/C35H36N2O18/c1-2-12-5-11(10-37-31(12)36)6-14-19(9-20-21(22(14)41)17(40)8-18(51-20)13-3-4-15(38)16(39)7-13)52-34-27(46)24(43)26(45)30(54-34)33(50)55-35-28(47)23(42)25(44)29(53-35)32(48)49/h3-5,7-10,23-30,34-35,38-39,41-47H,2,6H2,1H3,(H2,36,37)(H,48,49)/t23-,24-,25-,26-,27+,28+,29-,30-,34-,35+/m0/s1. The van der Waals surface area contributed by atoms with E-state index in [0.29, 0.717) is 17.5 Å². The van der Waals surface area contributed by atoms with Gasteiger partial charge in [-0.25, -0.2) is 14.6 Å². The number of anilines is 1. The highest BCUT2D eigenvalue weighted by molar-refractivity contribution is 5.88. The number of aryl methyl sites for hydroxylation is 1. The summed E-state index contributed by atoms with van der Waals surface area (Å²) in [6.45, 7) is 1.83. The Kier molecular flexibility index (Phi) is 10.9. The zero-order valence-electron chi connectivity index (χ0n) is 28.5. The molecule has 20 heteroatoms. The Balaban J connectivity index is 1.38. The van der Waals surface area contributed by atoms with Crippen LogP contribution in [0.2, 0.25) is 0 Å². The van der Waals surface area contributed by atoms with Gasteiger partial charge in [-0.1, -0.05) is 13.0 Å². The Hall–Kier alpha value is -5.58. The van der Waals surface area contributed by atoms with Crippen molar-refractivity contribution in [1.82, 2.24) is 4.98 Å². The number of carboxylic acid groups (broad SMARTS) is 1. The van der Waals surface area contributed by atoms with Gasteiger partial charge in [-0.05, 0) is 35.7 Å². The third kappa shape index (κ3) is 7.44. The van der Waals surface area contributed by atoms with Crippen LogP contribution in [-0.4, -0.2) is 129 Å². The monoisotopic (exact) mass is 772 g/mol. The van der Waals surface area contributed by atoms with Crippen molar-refractivity contribution in [2.24, 2.45) is 0 Å². The van der Waals surface area contributed by atoms with Crippen molar-refractivity contribution < 1.29 is 84.0 Å². The minimum atomic E-state index is -2.23. The lowest BCUT2D eigenvalue weighted by molar-refractivity contribution is -0.302. The number of phenols is 3. The summed E-state index contributed by atoms with van der Waals surface area (Å²) in [6.07, 6.45) is -20.0. The number of aliphatic carboxylic acids is 1. The first kappa shape index (κ1) is 39.1. The van der Waals surface area contributed by atoms with Gasteiger partial charge in [0, 0.05) is 35.9 Å². The number of rotatable bonds is 9. The molecule has 294 valence electrons. The molecule has 2 aromatic heterocycles. The molecular weight excluding hydrogens is 736 g/mol. The Morgan fingerprint density at radius 2 is 1.49 bits per heavy atom. The van der Waals surface area contributed by atoms with Crippen LogP contribution in [0, 0.1) is 0 Å². The van der Waals surface area contributed by atoms with Crippen LogP contribution in [0.4, 0.5) is 5.82 Å². The Morgan fingerprint density at radius 1 is 0.836 bits per heavy atom. The second-order valence-corrected chi connectivity index (χ2v) is 12.9. The number of aliphatic hydroxyl groups excluding tert-OH is 6. The number of aromatic nitrogens is 1. The average molecular weight is 773 g/mol. The fourth-order valence-corrected chi connectivity index (χ4v) is 6.17. The summed E-state index contributed by atoms with van der Waals surface area (Å²) < 4.78 is 27.3. The van der Waals surface area contributed by atoms with E-state index in [1.807, 2.05) is 6.92 Å². The SMILES string of the molecule is CCc1cc(Cc2c(O[C@H]3O[C@H](C(=O)O[C@H]4O[C@H](C(=O)O)[C@@H](O)[C@H](O)[C@H]4O)[C@@H](O)[C@H](O)[C@H]3O)cc3oc(-c4ccc(O)c(O)c4)cc(=O)c3c2O)cnc1N. The Labute approximate surface area is 308 Å². The number of benzene rings is 2. The number of carbonyl (C=O) groups excluding carboxylic acids is 1. The average Bonchev–Trinajstić information content (AvgIpc) is 3.14. The van der Waals surface area contributed by atoms with Crippen LogP contribution < -0.4 is 15.9 Å².